The minimum Gasteiger partial charge on any atom is -0.492 e. The first-order valence-electron chi connectivity index (χ1n) is 7.97. The van der Waals surface area contributed by atoms with Gasteiger partial charge in [-0.05, 0) is 70.0 Å². The third-order valence-electron chi connectivity index (χ3n) is 3.94. The minimum atomic E-state index is -0.340. The molecular weight excluding hydrogens is 580 g/mol. The molecule has 0 aliphatic heterocycles. The first-order chi connectivity index (χ1) is 11.7. The lowest BCUT2D eigenvalue weighted by molar-refractivity contribution is 0.320. The van der Waals surface area contributed by atoms with Crippen LogP contribution in [0.25, 0.3) is 0 Å². The average Bonchev–Trinajstić information content (AvgIpc) is 2.52. The first kappa shape index (κ1) is 21.3. The normalized spacial score (nSPS) is 11.5. The SMILES string of the molecule is CCOc1c(Br)cc(Br)cc1C(C)(C)c1cc(Br)cc(Br)c1OCC. The van der Waals surface area contributed by atoms with Crippen LogP contribution >= 0.6 is 63.7 Å². The Morgan fingerprint density at radius 1 is 0.720 bits per heavy atom. The van der Waals surface area contributed by atoms with Crippen molar-refractivity contribution >= 4 is 63.7 Å². The molecule has 0 unspecified atom stereocenters. The van der Waals surface area contributed by atoms with Crippen LogP contribution in [0.1, 0.15) is 38.8 Å². The van der Waals surface area contributed by atoms with E-state index in [4.69, 9.17) is 9.47 Å². The fraction of sp³-hybridized carbons (Fsp3) is 0.368. The van der Waals surface area contributed by atoms with Crippen molar-refractivity contribution in [3.8, 4) is 11.5 Å². The molecule has 2 aromatic rings. The molecule has 0 heterocycles. The van der Waals surface area contributed by atoms with Crippen LogP contribution in [0, 0.1) is 0 Å². The Morgan fingerprint density at radius 3 is 1.40 bits per heavy atom. The van der Waals surface area contributed by atoms with E-state index in [0.717, 1.165) is 40.5 Å². The zero-order valence-electron chi connectivity index (χ0n) is 14.6. The Hall–Kier alpha value is -0.0400. The van der Waals surface area contributed by atoms with Crippen LogP contribution in [0.5, 0.6) is 11.5 Å². The van der Waals surface area contributed by atoms with Gasteiger partial charge in [-0.3, -0.25) is 0 Å². The maximum Gasteiger partial charge on any atom is 0.137 e. The molecule has 2 aromatic carbocycles. The van der Waals surface area contributed by atoms with Crippen LogP contribution in [-0.2, 0) is 5.41 Å². The number of ether oxygens (including phenoxy) is 2. The number of benzene rings is 2. The van der Waals surface area contributed by atoms with Gasteiger partial charge in [-0.15, -0.1) is 0 Å². The van der Waals surface area contributed by atoms with Crippen LogP contribution in [0.4, 0.5) is 0 Å². The van der Waals surface area contributed by atoms with Gasteiger partial charge in [-0.2, -0.15) is 0 Å². The predicted molar refractivity (Wildman–Crippen MR) is 118 cm³/mol. The van der Waals surface area contributed by atoms with E-state index in [1.54, 1.807) is 0 Å². The molecule has 0 amide bonds. The van der Waals surface area contributed by atoms with Crippen molar-refractivity contribution in [3.63, 3.8) is 0 Å². The minimum absolute atomic E-state index is 0.340. The predicted octanol–water partition coefficient (Wildman–Crippen LogP) is 7.86. The van der Waals surface area contributed by atoms with Gasteiger partial charge in [0.1, 0.15) is 11.5 Å². The molecule has 6 heteroatoms. The van der Waals surface area contributed by atoms with Crippen molar-refractivity contribution in [3.05, 3.63) is 53.3 Å². The third-order valence-corrected chi connectivity index (χ3v) is 6.03. The Kier molecular flexibility index (Phi) is 7.45. The summed E-state index contributed by atoms with van der Waals surface area (Å²) in [7, 11) is 0. The van der Waals surface area contributed by atoms with Crippen LogP contribution in [0.3, 0.4) is 0 Å². The Balaban J connectivity index is 2.75. The van der Waals surface area contributed by atoms with E-state index < -0.39 is 0 Å². The summed E-state index contributed by atoms with van der Waals surface area (Å²) < 4.78 is 15.8. The molecule has 0 fully saturated rings. The van der Waals surface area contributed by atoms with E-state index in [-0.39, 0.29) is 5.41 Å². The number of halogens is 4. The maximum absolute atomic E-state index is 5.96. The monoisotopic (exact) mass is 596 g/mol. The molecule has 0 aliphatic rings. The highest BCUT2D eigenvalue weighted by Crippen LogP contribution is 2.47. The lowest BCUT2D eigenvalue weighted by Gasteiger charge is -2.31. The summed E-state index contributed by atoms with van der Waals surface area (Å²) in [6.45, 7) is 9.55. The first-order valence-corrected chi connectivity index (χ1v) is 11.1. The lowest BCUT2D eigenvalue weighted by atomic mass is 9.77. The molecule has 0 N–H and O–H groups in total. The molecule has 0 aromatic heterocycles. The zero-order chi connectivity index (χ0) is 18.8. The van der Waals surface area contributed by atoms with Crippen LogP contribution < -0.4 is 9.47 Å². The van der Waals surface area contributed by atoms with Crippen molar-refractivity contribution in [1.29, 1.82) is 0 Å². The van der Waals surface area contributed by atoms with Crippen LogP contribution in [-0.4, -0.2) is 13.2 Å². The molecule has 25 heavy (non-hydrogen) atoms. The standard InChI is InChI=1S/C19H20Br4O2/c1-5-24-17-13(7-11(20)9-15(17)22)19(3,4)14-8-12(21)10-16(23)18(14)25-6-2/h7-10H,5-6H2,1-4H3. The second kappa shape index (κ2) is 8.77. The maximum atomic E-state index is 5.96. The zero-order valence-corrected chi connectivity index (χ0v) is 20.9. The highest BCUT2D eigenvalue weighted by molar-refractivity contribution is 9.11. The van der Waals surface area contributed by atoms with E-state index >= 15 is 0 Å². The van der Waals surface area contributed by atoms with Crippen LogP contribution in [0.15, 0.2) is 42.2 Å². The van der Waals surface area contributed by atoms with E-state index in [1.807, 2.05) is 26.0 Å². The molecule has 0 spiro atoms. The van der Waals surface area contributed by atoms with Gasteiger partial charge in [0.2, 0.25) is 0 Å². The van der Waals surface area contributed by atoms with Crippen molar-refractivity contribution in [2.45, 2.75) is 33.1 Å². The molecule has 0 radical (unpaired) electrons. The Labute approximate surface area is 183 Å². The lowest BCUT2D eigenvalue weighted by Crippen LogP contribution is -2.22. The molecule has 2 nitrogen and oxygen atoms in total. The second-order valence-electron chi connectivity index (χ2n) is 6.02. The van der Waals surface area contributed by atoms with Crippen molar-refractivity contribution in [2.24, 2.45) is 0 Å². The largest absolute Gasteiger partial charge is 0.492 e. The fourth-order valence-electron chi connectivity index (χ4n) is 2.78. The molecule has 0 saturated heterocycles. The Bertz CT molecular complexity index is 709. The molecule has 2 rings (SSSR count). The van der Waals surface area contributed by atoms with Gasteiger partial charge in [0.25, 0.3) is 0 Å². The van der Waals surface area contributed by atoms with Gasteiger partial charge in [-0.25, -0.2) is 0 Å². The van der Waals surface area contributed by atoms with E-state index in [0.29, 0.717) is 13.2 Å². The number of rotatable bonds is 6. The molecule has 0 saturated carbocycles. The van der Waals surface area contributed by atoms with Gasteiger partial charge in [-0.1, -0.05) is 45.7 Å². The van der Waals surface area contributed by atoms with E-state index in [1.165, 1.54) is 0 Å². The van der Waals surface area contributed by atoms with Gasteiger partial charge in [0, 0.05) is 25.5 Å². The van der Waals surface area contributed by atoms with Gasteiger partial charge < -0.3 is 9.47 Å². The summed E-state index contributed by atoms with van der Waals surface area (Å²) in [5.41, 5.74) is 1.83. The summed E-state index contributed by atoms with van der Waals surface area (Å²) in [5, 5.41) is 0. The Morgan fingerprint density at radius 2 is 1.08 bits per heavy atom. The number of hydrogen-bond donors (Lipinski definition) is 0. The van der Waals surface area contributed by atoms with Crippen LogP contribution in [0.2, 0.25) is 0 Å². The molecule has 0 atom stereocenters. The second-order valence-corrected chi connectivity index (χ2v) is 9.56. The van der Waals surface area contributed by atoms with Gasteiger partial charge in [0.05, 0.1) is 22.2 Å². The van der Waals surface area contributed by atoms with Gasteiger partial charge in [0.15, 0.2) is 0 Å². The number of hydrogen-bond acceptors (Lipinski definition) is 2. The summed E-state index contributed by atoms with van der Waals surface area (Å²) >= 11 is 14.5. The van der Waals surface area contributed by atoms with Crippen molar-refractivity contribution in [1.82, 2.24) is 0 Å². The fourth-order valence-corrected chi connectivity index (χ4v) is 5.46. The smallest absolute Gasteiger partial charge is 0.137 e. The average molecular weight is 600 g/mol. The molecule has 0 bridgehead atoms. The van der Waals surface area contributed by atoms with Crippen molar-refractivity contribution in [2.75, 3.05) is 13.2 Å². The molecule has 0 aliphatic carbocycles. The van der Waals surface area contributed by atoms with E-state index in [2.05, 4.69) is 89.7 Å². The third kappa shape index (κ3) is 4.63. The van der Waals surface area contributed by atoms with Gasteiger partial charge >= 0.3 is 0 Å². The highest BCUT2D eigenvalue weighted by atomic mass is 79.9. The highest BCUT2D eigenvalue weighted by Gasteiger charge is 2.32. The summed E-state index contributed by atoms with van der Waals surface area (Å²) in [6.07, 6.45) is 0. The quantitative estimate of drug-likeness (QED) is 0.337. The summed E-state index contributed by atoms with van der Waals surface area (Å²) in [5.74, 6) is 1.71. The van der Waals surface area contributed by atoms with Crippen molar-refractivity contribution < 1.29 is 9.47 Å². The molecule has 136 valence electrons. The summed E-state index contributed by atoms with van der Waals surface area (Å²) in [4.78, 5) is 0. The summed E-state index contributed by atoms with van der Waals surface area (Å²) in [6, 6.07) is 8.23. The topological polar surface area (TPSA) is 18.5 Å². The molecular formula is C19H20Br4O2. The van der Waals surface area contributed by atoms with E-state index in [9.17, 15) is 0 Å².